The molecule has 92 valence electrons. The van der Waals surface area contributed by atoms with Gasteiger partial charge in [0.25, 0.3) is 0 Å². The summed E-state index contributed by atoms with van der Waals surface area (Å²) in [5.41, 5.74) is 0.915. The molecule has 4 nitrogen and oxygen atoms in total. The molecule has 0 aliphatic carbocycles. The van der Waals surface area contributed by atoms with E-state index in [2.05, 4.69) is 15.5 Å². The zero-order valence-electron chi connectivity index (χ0n) is 9.90. The van der Waals surface area contributed by atoms with E-state index in [4.69, 9.17) is 17.0 Å². The van der Waals surface area contributed by atoms with Crippen LogP contribution in [0.4, 0.5) is 5.69 Å². The number of nitrogens with one attached hydrogen (secondary N) is 2. The molecular weight excluding hydrogens is 234 g/mol. The number of ether oxygens (including phenoxy) is 1. The fourth-order valence-corrected chi connectivity index (χ4v) is 2.10. The first-order valence-electron chi connectivity index (χ1n) is 5.71. The molecule has 0 atom stereocenters. The third-order valence-corrected chi connectivity index (χ3v) is 3.11. The first-order chi connectivity index (χ1) is 8.31. The molecule has 1 heterocycles. The van der Waals surface area contributed by atoms with Crippen molar-refractivity contribution in [3.63, 3.8) is 0 Å². The van der Waals surface area contributed by atoms with Crippen LogP contribution >= 0.6 is 12.2 Å². The van der Waals surface area contributed by atoms with Crippen LogP contribution in [0.1, 0.15) is 0 Å². The third-order valence-electron chi connectivity index (χ3n) is 2.75. The van der Waals surface area contributed by atoms with E-state index in [1.165, 1.54) is 0 Å². The zero-order chi connectivity index (χ0) is 12.1. The minimum atomic E-state index is 0.760. The van der Waals surface area contributed by atoms with Crippen LogP contribution in [-0.2, 0) is 0 Å². The van der Waals surface area contributed by atoms with Crippen LogP contribution in [0, 0.1) is 0 Å². The topological polar surface area (TPSA) is 36.5 Å². The quantitative estimate of drug-likeness (QED) is 0.775. The first-order valence-corrected chi connectivity index (χ1v) is 6.12. The van der Waals surface area contributed by atoms with Crippen LogP contribution in [0.5, 0.6) is 5.75 Å². The van der Waals surface area contributed by atoms with Crippen molar-refractivity contribution in [3.8, 4) is 5.75 Å². The fraction of sp³-hybridized carbons (Fsp3) is 0.417. The first kappa shape index (κ1) is 12.1. The highest BCUT2D eigenvalue weighted by molar-refractivity contribution is 7.80. The average Bonchev–Trinajstić information content (AvgIpc) is 2.40. The Kier molecular flexibility index (Phi) is 4.17. The second kappa shape index (κ2) is 5.84. The third kappa shape index (κ3) is 3.08. The number of para-hydroxylation sites is 2. The number of benzene rings is 1. The van der Waals surface area contributed by atoms with Crippen molar-refractivity contribution in [1.29, 1.82) is 0 Å². The predicted octanol–water partition coefficient (Wildman–Crippen LogP) is 1.30. The van der Waals surface area contributed by atoms with E-state index in [-0.39, 0.29) is 0 Å². The lowest BCUT2D eigenvalue weighted by Gasteiger charge is -2.30. The van der Waals surface area contributed by atoms with Crippen LogP contribution in [0.2, 0.25) is 0 Å². The largest absolute Gasteiger partial charge is 0.495 e. The average molecular weight is 251 g/mol. The van der Waals surface area contributed by atoms with E-state index >= 15 is 0 Å². The van der Waals surface area contributed by atoms with Gasteiger partial charge >= 0.3 is 0 Å². The van der Waals surface area contributed by atoms with Gasteiger partial charge in [-0.3, -0.25) is 0 Å². The van der Waals surface area contributed by atoms with E-state index in [9.17, 15) is 0 Å². The molecule has 0 aromatic heterocycles. The molecule has 0 amide bonds. The Bertz CT molecular complexity index is 391. The second-order valence-corrected chi connectivity index (χ2v) is 4.25. The molecule has 1 aromatic rings. The summed E-state index contributed by atoms with van der Waals surface area (Å²) < 4.78 is 5.28. The van der Waals surface area contributed by atoms with E-state index in [1.54, 1.807) is 7.11 Å². The number of rotatable bonds is 2. The van der Waals surface area contributed by atoms with Gasteiger partial charge in [0.15, 0.2) is 5.11 Å². The van der Waals surface area contributed by atoms with Crippen LogP contribution in [0.25, 0.3) is 0 Å². The molecule has 0 unspecified atom stereocenters. The van der Waals surface area contributed by atoms with Crippen LogP contribution in [0.3, 0.4) is 0 Å². The maximum atomic E-state index is 5.39. The van der Waals surface area contributed by atoms with Gasteiger partial charge in [-0.1, -0.05) is 12.1 Å². The Balaban J connectivity index is 2.01. The lowest BCUT2D eigenvalue weighted by atomic mass is 10.3. The smallest absolute Gasteiger partial charge is 0.173 e. The summed E-state index contributed by atoms with van der Waals surface area (Å²) in [5, 5.41) is 7.30. The number of anilines is 1. The van der Waals surface area contributed by atoms with E-state index in [1.807, 2.05) is 24.3 Å². The van der Waals surface area contributed by atoms with Gasteiger partial charge in [-0.15, -0.1) is 0 Å². The highest BCUT2D eigenvalue weighted by atomic mass is 32.1. The Labute approximate surface area is 107 Å². The van der Waals surface area contributed by atoms with Crippen LogP contribution < -0.4 is 15.4 Å². The lowest BCUT2D eigenvalue weighted by molar-refractivity contribution is 0.361. The molecule has 2 rings (SSSR count). The molecule has 0 radical (unpaired) electrons. The number of methoxy groups -OCH3 is 1. The van der Waals surface area contributed by atoms with E-state index in [0.29, 0.717) is 0 Å². The maximum Gasteiger partial charge on any atom is 0.173 e. The van der Waals surface area contributed by atoms with Gasteiger partial charge in [0, 0.05) is 26.2 Å². The van der Waals surface area contributed by atoms with Crippen molar-refractivity contribution in [2.45, 2.75) is 0 Å². The molecular formula is C12H17N3OS. The van der Waals surface area contributed by atoms with Gasteiger partial charge in [-0.05, 0) is 24.4 Å². The fourth-order valence-electron chi connectivity index (χ4n) is 1.81. The molecule has 0 spiro atoms. The Morgan fingerprint density at radius 2 is 2.06 bits per heavy atom. The molecule has 0 saturated carbocycles. The number of thiocarbonyl (C=S) groups is 1. The molecule has 1 aliphatic heterocycles. The van der Waals surface area contributed by atoms with Gasteiger partial charge in [-0.25, -0.2) is 0 Å². The lowest BCUT2D eigenvalue weighted by Crippen LogP contribution is -2.47. The predicted molar refractivity (Wildman–Crippen MR) is 73.7 cm³/mol. The zero-order valence-corrected chi connectivity index (χ0v) is 10.7. The van der Waals surface area contributed by atoms with Crippen molar-refractivity contribution in [2.75, 3.05) is 38.6 Å². The standard InChI is InChI=1S/C12H17N3OS/c1-16-11-5-3-2-4-10(11)14-12(17)15-8-6-13-7-9-15/h2-5,13H,6-9H2,1H3,(H,14,17). The molecule has 1 aliphatic rings. The van der Waals surface area contributed by atoms with Crippen molar-refractivity contribution in [3.05, 3.63) is 24.3 Å². The molecule has 1 fully saturated rings. The number of hydrogen-bond acceptors (Lipinski definition) is 3. The van der Waals surface area contributed by atoms with E-state index < -0.39 is 0 Å². The van der Waals surface area contributed by atoms with Crippen LogP contribution in [0.15, 0.2) is 24.3 Å². The summed E-state index contributed by atoms with van der Waals surface area (Å²) in [6.45, 7) is 3.85. The number of piperazine rings is 1. The van der Waals surface area contributed by atoms with Gasteiger partial charge in [0.2, 0.25) is 0 Å². The molecule has 5 heteroatoms. The Morgan fingerprint density at radius 3 is 2.76 bits per heavy atom. The van der Waals surface area contributed by atoms with Crippen molar-refractivity contribution in [2.24, 2.45) is 0 Å². The van der Waals surface area contributed by atoms with Gasteiger partial charge in [0.05, 0.1) is 12.8 Å². The minimum Gasteiger partial charge on any atom is -0.495 e. The SMILES string of the molecule is COc1ccccc1NC(=S)N1CCNCC1. The molecule has 1 saturated heterocycles. The summed E-state index contributed by atoms with van der Waals surface area (Å²) in [7, 11) is 1.66. The Morgan fingerprint density at radius 1 is 1.35 bits per heavy atom. The van der Waals surface area contributed by atoms with Gasteiger partial charge in [0.1, 0.15) is 5.75 Å². The minimum absolute atomic E-state index is 0.760. The van der Waals surface area contributed by atoms with E-state index in [0.717, 1.165) is 42.7 Å². The number of hydrogen-bond donors (Lipinski definition) is 2. The van der Waals surface area contributed by atoms with Crippen molar-refractivity contribution >= 4 is 23.0 Å². The summed E-state index contributed by atoms with van der Waals surface area (Å²) in [5.74, 6) is 0.810. The highest BCUT2D eigenvalue weighted by Crippen LogP contribution is 2.23. The normalized spacial score (nSPS) is 15.5. The Hall–Kier alpha value is -1.33. The van der Waals surface area contributed by atoms with Crippen molar-refractivity contribution in [1.82, 2.24) is 10.2 Å². The summed E-state index contributed by atoms with van der Waals surface area (Å²) in [4.78, 5) is 2.16. The summed E-state index contributed by atoms with van der Waals surface area (Å²) in [6, 6.07) is 7.79. The van der Waals surface area contributed by atoms with Gasteiger partial charge in [-0.2, -0.15) is 0 Å². The second-order valence-electron chi connectivity index (χ2n) is 3.87. The summed E-state index contributed by atoms with van der Waals surface area (Å²) >= 11 is 5.39. The van der Waals surface area contributed by atoms with Crippen LogP contribution in [-0.4, -0.2) is 43.3 Å². The van der Waals surface area contributed by atoms with Crippen molar-refractivity contribution < 1.29 is 4.74 Å². The molecule has 1 aromatic carbocycles. The highest BCUT2D eigenvalue weighted by Gasteiger charge is 2.13. The van der Waals surface area contributed by atoms with Gasteiger partial charge < -0.3 is 20.3 Å². The monoisotopic (exact) mass is 251 g/mol. The molecule has 0 bridgehead atoms. The molecule has 17 heavy (non-hydrogen) atoms. The molecule has 2 N–H and O–H groups in total. The maximum absolute atomic E-state index is 5.39. The summed E-state index contributed by atoms with van der Waals surface area (Å²) in [6.07, 6.45) is 0. The number of nitrogens with zero attached hydrogens (tertiary/aromatic N) is 1.